The fraction of sp³-hybridized carbons (Fsp3) is 0.154. The van der Waals surface area contributed by atoms with Gasteiger partial charge in [-0.1, -0.05) is 59.1 Å². The second-order valence-electron chi connectivity index (χ2n) is 7.64. The molecule has 0 aliphatic carbocycles. The van der Waals surface area contributed by atoms with Gasteiger partial charge in [0.05, 0.1) is 23.2 Å². The lowest BCUT2D eigenvalue weighted by atomic mass is 9.94. The maximum absolute atomic E-state index is 13.2. The number of aliphatic hydroxyl groups excluding tert-OH is 1. The quantitative estimate of drug-likeness (QED) is 0.262. The Morgan fingerprint density at radius 2 is 1.79 bits per heavy atom. The molecule has 1 saturated heterocycles. The Kier molecular flexibility index (Phi) is 6.45. The largest absolute Gasteiger partial charge is 0.507 e. The molecular formula is C26H21Cl2NO4. The summed E-state index contributed by atoms with van der Waals surface area (Å²) in [4.78, 5) is 27.8. The van der Waals surface area contributed by atoms with Crippen LogP contribution in [0.2, 0.25) is 10.0 Å². The van der Waals surface area contributed by atoms with Crippen molar-refractivity contribution >= 4 is 46.3 Å². The number of carbonyl (C=O) groups is 2. The molecule has 3 aromatic rings. The summed E-state index contributed by atoms with van der Waals surface area (Å²) in [5, 5.41) is 12.1. The third-order valence-electron chi connectivity index (χ3n) is 5.39. The van der Waals surface area contributed by atoms with Gasteiger partial charge >= 0.3 is 0 Å². The molecule has 0 radical (unpaired) electrons. The molecule has 0 bridgehead atoms. The molecule has 0 spiro atoms. The molecule has 5 nitrogen and oxygen atoms in total. The van der Waals surface area contributed by atoms with E-state index in [-0.39, 0.29) is 11.3 Å². The summed E-state index contributed by atoms with van der Waals surface area (Å²) < 4.78 is 5.53. The van der Waals surface area contributed by atoms with E-state index in [4.69, 9.17) is 27.9 Å². The van der Waals surface area contributed by atoms with E-state index in [0.717, 1.165) is 5.56 Å². The Hall–Kier alpha value is -3.28. The second-order valence-corrected chi connectivity index (χ2v) is 8.48. The van der Waals surface area contributed by atoms with Crippen LogP contribution in [0, 0.1) is 6.92 Å². The van der Waals surface area contributed by atoms with Gasteiger partial charge in [-0.2, -0.15) is 0 Å². The van der Waals surface area contributed by atoms with Crippen LogP contribution in [-0.2, 0) is 9.59 Å². The number of aryl methyl sites for hydroxylation is 1. The van der Waals surface area contributed by atoms with E-state index in [1.54, 1.807) is 42.5 Å². The van der Waals surface area contributed by atoms with E-state index < -0.39 is 17.7 Å². The number of aliphatic hydroxyl groups is 1. The molecule has 3 aromatic carbocycles. The summed E-state index contributed by atoms with van der Waals surface area (Å²) >= 11 is 12.4. The Balaban J connectivity index is 1.95. The Labute approximate surface area is 201 Å². The molecule has 33 heavy (non-hydrogen) atoms. The molecule has 1 aliphatic rings. The number of benzene rings is 3. The predicted octanol–water partition coefficient (Wildman–Crippen LogP) is 6.33. The van der Waals surface area contributed by atoms with Crippen molar-refractivity contribution in [1.82, 2.24) is 0 Å². The summed E-state index contributed by atoms with van der Waals surface area (Å²) in [7, 11) is 0. The fourth-order valence-corrected chi connectivity index (χ4v) is 4.31. The molecule has 0 aromatic heterocycles. The molecule has 1 heterocycles. The zero-order chi connectivity index (χ0) is 23.7. The van der Waals surface area contributed by atoms with Crippen molar-refractivity contribution in [2.45, 2.75) is 19.9 Å². The SMILES string of the molecule is CCOc1cc(/C(O)=C2\C(=O)C(=O)N(c3cccc(Cl)c3)C2c2cccc(C)c2)ccc1Cl. The first kappa shape index (κ1) is 22.9. The van der Waals surface area contributed by atoms with E-state index in [1.807, 2.05) is 38.1 Å². The van der Waals surface area contributed by atoms with Gasteiger partial charge in [0.2, 0.25) is 0 Å². The van der Waals surface area contributed by atoms with E-state index in [0.29, 0.717) is 39.2 Å². The summed E-state index contributed by atoms with van der Waals surface area (Å²) in [5.41, 5.74) is 2.41. The van der Waals surface area contributed by atoms with E-state index in [9.17, 15) is 14.7 Å². The van der Waals surface area contributed by atoms with Crippen molar-refractivity contribution in [2.75, 3.05) is 11.5 Å². The number of hydrogen-bond acceptors (Lipinski definition) is 4. The van der Waals surface area contributed by atoms with Gasteiger partial charge in [-0.25, -0.2) is 0 Å². The van der Waals surface area contributed by atoms with Gasteiger partial charge in [0.15, 0.2) is 0 Å². The van der Waals surface area contributed by atoms with Gasteiger partial charge in [-0.05, 0) is 55.8 Å². The summed E-state index contributed by atoms with van der Waals surface area (Å²) in [5.74, 6) is -1.46. The molecule has 1 fully saturated rings. The Morgan fingerprint density at radius 3 is 2.48 bits per heavy atom. The average molecular weight is 482 g/mol. The molecule has 0 saturated carbocycles. The monoisotopic (exact) mass is 481 g/mol. The van der Waals surface area contributed by atoms with Crippen LogP contribution in [0.5, 0.6) is 5.75 Å². The number of carbonyl (C=O) groups excluding carboxylic acids is 2. The topological polar surface area (TPSA) is 66.8 Å². The number of halogens is 2. The van der Waals surface area contributed by atoms with Crippen molar-refractivity contribution in [3.63, 3.8) is 0 Å². The maximum atomic E-state index is 13.2. The van der Waals surface area contributed by atoms with Crippen LogP contribution in [0.4, 0.5) is 5.69 Å². The maximum Gasteiger partial charge on any atom is 0.300 e. The highest BCUT2D eigenvalue weighted by atomic mass is 35.5. The highest BCUT2D eigenvalue weighted by Crippen LogP contribution is 2.43. The fourth-order valence-electron chi connectivity index (χ4n) is 3.95. The number of nitrogens with zero attached hydrogens (tertiary/aromatic N) is 1. The molecule has 1 aliphatic heterocycles. The van der Waals surface area contributed by atoms with Crippen LogP contribution in [-0.4, -0.2) is 23.4 Å². The van der Waals surface area contributed by atoms with Crippen LogP contribution in [0.15, 0.2) is 72.3 Å². The Morgan fingerprint density at radius 1 is 1.03 bits per heavy atom. The molecular weight excluding hydrogens is 461 g/mol. The molecule has 1 N–H and O–H groups in total. The predicted molar refractivity (Wildman–Crippen MR) is 130 cm³/mol. The molecule has 4 rings (SSSR count). The number of anilines is 1. The second kappa shape index (κ2) is 9.30. The van der Waals surface area contributed by atoms with Gasteiger partial charge in [0.25, 0.3) is 11.7 Å². The molecule has 1 atom stereocenters. The van der Waals surface area contributed by atoms with Crippen molar-refractivity contribution in [1.29, 1.82) is 0 Å². The van der Waals surface area contributed by atoms with Gasteiger partial charge in [-0.3, -0.25) is 14.5 Å². The minimum Gasteiger partial charge on any atom is -0.507 e. The van der Waals surface area contributed by atoms with Crippen LogP contribution in [0.3, 0.4) is 0 Å². The number of ether oxygens (including phenoxy) is 1. The third-order valence-corrected chi connectivity index (χ3v) is 5.94. The van der Waals surface area contributed by atoms with Crippen molar-refractivity contribution in [3.05, 3.63) is 99.0 Å². The third kappa shape index (κ3) is 4.34. The smallest absolute Gasteiger partial charge is 0.300 e. The van der Waals surface area contributed by atoms with Crippen LogP contribution in [0.25, 0.3) is 5.76 Å². The highest BCUT2D eigenvalue weighted by Gasteiger charge is 2.47. The van der Waals surface area contributed by atoms with Crippen molar-refractivity contribution in [2.24, 2.45) is 0 Å². The minimum atomic E-state index is -0.838. The van der Waals surface area contributed by atoms with Gasteiger partial charge in [0, 0.05) is 16.3 Å². The Bertz CT molecular complexity index is 1280. The zero-order valence-corrected chi connectivity index (χ0v) is 19.5. The lowest BCUT2D eigenvalue weighted by Crippen LogP contribution is -2.29. The number of amides is 1. The molecule has 1 unspecified atom stereocenters. The van der Waals surface area contributed by atoms with E-state index in [2.05, 4.69) is 0 Å². The average Bonchev–Trinajstić information content (AvgIpc) is 3.05. The summed E-state index contributed by atoms with van der Waals surface area (Å²) in [6, 6.07) is 18.1. The highest BCUT2D eigenvalue weighted by molar-refractivity contribution is 6.51. The summed E-state index contributed by atoms with van der Waals surface area (Å²) in [6.45, 7) is 4.12. The van der Waals surface area contributed by atoms with E-state index >= 15 is 0 Å². The van der Waals surface area contributed by atoms with Crippen molar-refractivity contribution < 1.29 is 19.4 Å². The standard InChI is InChI=1S/C26H21Cl2NO4/c1-3-33-21-13-17(10-11-20(21)28)24(30)22-23(16-7-4-6-15(2)12-16)29(26(32)25(22)31)19-9-5-8-18(27)14-19/h4-14,23,30H,3H2,1-2H3/b24-22+. The van der Waals surface area contributed by atoms with E-state index in [1.165, 1.54) is 4.90 Å². The van der Waals surface area contributed by atoms with Gasteiger partial charge in [0.1, 0.15) is 11.5 Å². The van der Waals surface area contributed by atoms with Gasteiger partial charge < -0.3 is 9.84 Å². The number of Topliss-reactive ketones (excluding diaryl/α,β-unsaturated/α-hetero) is 1. The molecule has 1 amide bonds. The first-order chi connectivity index (χ1) is 15.8. The molecule has 7 heteroatoms. The van der Waals surface area contributed by atoms with Crippen molar-refractivity contribution in [3.8, 4) is 5.75 Å². The normalized spacial score (nSPS) is 17.5. The summed E-state index contributed by atoms with van der Waals surface area (Å²) in [6.07, 6.45) is 0. The minimum absolute atomic E-state index is 0.0182. The first-order valence-electron chi connectivity index (χ1n) is 10.4. The number of hydrogen-bond donors (Lipinski definition) is 1. The number of rotatable bonds is 5. The van der Waals surface area contributed by atoms with Crippen LogP contribution in [0.1, 0.15) is 29.7 Å². The zero-order valence-electron chi connectivity index (χ0n) is 18.0. The lowest BCUT2D eigenvalue weighted by molar-refractivity contribution is -0.132. The molecule has 168 valence electrons. The first-order valence-corrected chi connectivity index (χ1v) is 11.1. The van der Waals surface area contributed by atoms with Gasteiger partial charge in [-0.15, -0.1) is 0 Å². The number of ketones is 1. The van der Waals surface area contributed by atoms with Crippen LogP contribution >= 0.6 is 23.2 Å². The van der Waals surface area contributed by atoms with Crippen LogP contribution < -0.4 is 9.64 Å². The lowest BCUT2D eigenvalue weighted by Gasteiger charge is -2.26.